The molecule has 0 aliphatic carbocycles. The molecule has 0 aromatic heterocycles. The standard InChI is InChI=1S/C11H20N2O4S/c1-13(2)10(15)5-3-4-9(14)12-6-7-18-8-11(16)17/h3-8H2,1-2H3,(H,12,14)(H,16,17). The summed E-state index contributed by atoms with van der Waals surface area (Å²) < 4.78 is 0. The lowest BCUT2D eigenvalue weighted by molar-refractivity contribution is -0.134. The average Bonchev–Trinajstić information content (AvgIpc) is 2.27. The van der Waals surface area contributed by atoms with Crippen LogP contribution < -0.4 is 5.32 Å². The number of carbonyl (C=O) groups is 3. The predicted molar refractivity (Wildman–Crippen MR) is 70.5 cm³/mol. The van der Waals surface area contributed by atoms with Gasteiger partial charge in [0, 0.05) is 39.2 Å². The Kier molecular flexibility index (Phi) is 9.08. The van der Waals surface area contributed by atoms with Gasteiger partial charge in [-0.25, -0.2) is 0 Å². The van der Waals surface area contributed by atoms with Crippen molar-refractivity contribution in [2.75, 3.05) is 32.1 Å². The third-order valence-corrected chi connectivity index (χ3v) is 3.03. The zero-order valence-electron chi connectivity index (χ0n) is 10.8. The van der Waals surface area contributed by atoms with E-state index in [4.69, 9.17) is 5.11 Å². The van der Waals surface area contributed by atoms with E-state index in [1.807, 2.05) is 0 Å². The third kappa shape index (κ3) is 9.95. The van der Waals surface area contributed by atoms with Crippen LogP contribution >= 0.6 is 11.8 Å². The van der Waals surface area contributed by atoms with E-state index in [1.165, 1.54) is 16.7 Å². The Morgan fingerprint density at radius 2 is 1.89 bits per heavy atom. The van der Waals surface area contributed by atoms with Crippen molar-refractivity contribution in [1.82, 2.24) is 10.2 Å². The van der Waals surface area contributed by atoms with Crippen molar-refractivity contribution in [2.24, 2.45) is 0 Å². The molecule has 0 aliphatic rings. The molecular formula is C11H20N2O4S. The Bertz CT molecular complexity index is 295. The molecule has 0 spiro atoms. The van der Waals surface area contributed by atoms with Gasteiger partial charge in [0.1, 0.15) is 0 Å². The summed E-state index contributed by atoms with van der Waals surface area (Å²) in [6.45, 7) is 0.457. The van der Waals surface area contributed by atoms with Crippen molar-refractivity contribution < 1.29 is 19.5 Å². The minimum absolute atomic E-state index is 0.0137. The van der Waals surface area contributed by atoms with Gasteiger partial charge in [-0.2, -0.15) is 0 Å². The van der Waals surface area contributed by atoms with Gasteiger partial charge in [0.15, 0.2) is 0 Å². The second kappa shape index (κ2) is 9.76. The Morgan fingerprint density at radius 3 is 2.44 bits per heavy atom. The van der Waals surface area contributed by atoms with Crippen molar-refractivity contribution in [3.8, 4) is 0 Å². The highest BCUT2D eigenvalue weighted by Crippen LogP contribution is 1.99. The van der Waals surface area contributed by atoms with E-state index in [9.17, 15) is 14.4 Å². The summed E-state index contributed by atoms with van der Waals surface area (Å²) >= 11 is 1.26. The number of nitrogens with zero attached hydrogens (tertiary/aromatic N) is 1. The summed E-state index contributed by atoms with van der Waals surface area (Å²) in [7, 11) is 3.37. The molecule has 2 N–H and O–H groups in total. The fraction of sp³-hybridized carbons (Fsp3) is 0.727. The lowest BCUT2D eigenvalue weighted by Gasteiger charge is -2.09. The molecule has 0 radical (unpaired) electrons. The van der Waals surface area contributed by atoms with Crippen molar-refractivity contribution in [3.63, 3.8) is 0 Å². The minimum atomic E-state index is -0.853. The van der Waals surface area contributed by atoms with Crippen LogP contribution in [0.1, 0.15) is 19.3 Å². The Hall–Kier alpha value is -1.24. The van der Waals surface area contributed by atoms with Gasteiger partial charge in [0.2, 0.25) is 11.8 Å². The molecule has 6 nitrogen and oxygen atoms in total. The fourth-order valence-corrected chi connectivity index (χ4v) is 1.70. The molecule has 0 saturated carbocycles. The maximum atomic E-state index is 11.3. The van der Waals surface area contributed by atoms with Crippen molar-refractivity contribution >= 4 is 29.5 Å². The quantitative estimate of drug-likeness (QED) is 0.587. The molecule has 18 heavy (non-hydrogen) atoms. The zero-order valence-corrected chi connectivity index (χ0v) is 11.6. The first-order chi connectivity index (χ1) is 8.43. The molecule has 7 heteroatoms. The van der Waals surface area contributed by atoms with E-state index in [-0.39, 0.29) is 17.6 Å². The number of rotatable bonds is 9. The number of carbonyl (C=O) groups excluding carboxylic acids is 2. The van der Waals surface area contributed by atoms with E-state index in [2.05, 4.69) is 5.32 Å². The van der Waals surface area contributed by atoms with E-state index < -0.39 is 5.97 Å². The van der Waals surface area contributed by atoms with E-state index in [0.717, 1.165) is 0 Å². The topological polar surface area (TPSA) is 86.7 Å². The smallest absolute Gasteiger partial charge is 0.313 e. The van der Waals surface area contributed by atoms with Crippen LogP contribution in [0.3, 0.4) is 0 Å². The third-order valence-electron chi connectivity index (χ3n) is 2.09. The van der Waals surface area contributed by atoms with Crippen molar-refractivity contribution in [1.29, 1.82) is 0 Å². The van der Waals surface area contributed by atoms with Crippen LogP contribution in [0.15, 0.2) is 0 Å². The number of carboxylic acids is 1. The summed E-state index contributed by atoms with van der Waals surface area (Å²) in [4.78, 5) is 34.3. The van der Waals surface area contributed by atoms with Crippen LogP contribution in [-0.2, 0) is 14.4 Å². The van der Waals surface area contributed by atoms with Gasteiger partial charge < -0.3 is 15.3 Å². The summed E-state index contributed by atoms with van der Waals surface area (Å²) in [6.07, 6.45) is 1.22. The molecule has 0 aromatic carbocycles. The highest BCUT2D eigenvalue weighted by atomic mass is 32.2. The zero-order chi connectivity index (χ0) is 14.0. The van der Waals surface area contributed by atoms with Gasteiger partial charge in [0.05, 0.1) is 5.75 Å². The lowest BCUT2D eigenvalue weighted by atomic mass is 10.2. The summed E-state index contributed by atoms with van der Waals surface area (Å²) in [5, 5.41) is 11.1. The first-order valence-electron chi connectivity index (χ1n) is 5.70. The number of hydrogen-bond donors (Lipinski definition) is 2. The predicted octanol–water partition coefficient (Wildman–Crippen LogP) is 0.179. The summed E-state index contributed by atoms with van der Waals surface area (Å²) in [6, 6.07) is 0. The first kappa shape index (κ1) is 16.8. The SMILES string of the molecule is CN(C)C(=O)CCCC(=O)NCCSCC(=O)O. The van der Waals surface area contributed by atoms with Crippen molar-refractivity contribution in [2.45, 2.75) is 19.3 Å². The molecule has 0 atom stereocenters. The second-order valence-electron chi connectivity index (χ2n) is 3.94. The lowest BCUT2D eigenvalue weighted by Crippen LogP contribution is -2.26. The number of amides is 2. The molecule has 0 fully saturated rings. The Balaban J connectivity index is 3.43. The van der Waals surface area contributed by atoms with Gasteiger partial charge in [-0.3, -0.25) is 14.4 Å². The number of hydrogen-bond acceptors (Lipinski definition) is 4. The molecule has 0 bridgehead atoms. The van der Waals surface area contributed by atoms with Gasteiger partial charge in [0.25, 0.3) is 0 Å². The number of carboxylic acid groups (broad SMARTS) is 1. The normalized spacial score (nSPS) is 9.89. The van der Waals surface area contributed by atoms with Crippen molar-refractivity contribution in [3.05, 3.63) is 0 Å². The largest absolute Gasteiger partial charge is 0.481 e. The maximum Gasteiger partial charge on any atom is 0.313 e. The van der Waals surface area contributed by atoms with E-state index >= 15 is 0 Å². The monoisotopic (exact) mass is 276 g/mol. The number of thioether (sulfide) groups is 1. The fourth-order valence-electron chi connectivity index (χ4n) is 1.13. The molecule has 0 unspecified atom stereocenters. The molecule has 0 aromatic rings. The Labute approximate surface area is 111 Å². The number of nitrogens with one attached hydrogen (secondary N) is 1. The van der Waals surface area contributed by atoms with Gasteiger partial charge in [-0.1, -0.05) is 0 Å². The molecule has 0 rings (SSSR count). The minimum Gasteiger partial charge on any atom is -0.481 e. The van der Waals surface area contributed by atoms with Crippen LogP contribution in [0.4, 0.5) is 0 Å². The molecular weight excluding hydrogens is 256 g/mol. The molecule has 0 saturated heterocycles. The van der Waals surface area contributed by atoms with Gasteiger partial charge >= 0.3 is 5.97 Å². The van der Waals surface area contributed by atoms with Crippen LogP contribution in [0.25, 0.3) is 0 Å². The molecule has 104 valence electrons. The summed E-state index contributed by atoms with van der Waals surface area (Å²) in [5.74, 6) is -0.312. The van der Waals surface area contributed by atoms with Gasteiger partial charge in [-0.15, -0.1) is 11.8 Å². The molecule has 2 amide bonds. The highest BCUT2D eigenvalue weighted by Gasteiger charge is 2.06. The molecule has 0 aliphatic heterocycles. The average molecular weight is 276 g/mol. The maximum absolute atomic E-state index is 11.3. The number of aliphatic carboxylic acids is 1. The molecule has 0 heterocycles. The summed E-state index contributed by atoms with van der Waals surface area (Å²) in [5.41, 5.74) is 0. The van der Waals surface area contributed by atoms with E-state index in [0.29, 0.717) is 31.6 Å². The first-order valence-corrected chi connectivity index (χ1v) is 6.85. The van der Waals surface area contributed by atoms with Gasteiger partial charge in [-0.05, 0) is 6.42 Å². The second-order valence-corrected chi connectivity index (χ2v) is 5.04. The van der Waals surface area contributed by atoms with Crippen LogP contribution in [0, 0.1) is 0 Å². The highest BCUT2D eigenvalue weighted by molar-refractivity contribution is 7.99. The Morgan fingerprint density at radius 1 is 1.22 bits per heavy atom. The van der Waals surface area contributed by atoms with Crippen LogP contribution in [-0.4, -0.2) is 59.9 Å². The van der Waals surface area contributed by atoms with E-state index in [1.54, 1.807) is 14.1 Å². The van der Waals surface area contributed by atoms with Crippen LogP contribution in [0.2, 0.25) is 0 Å². The van der Waals surface area contributed by atoms with Crippen LogP contribution in [0.5, 0.6) is 0 Å².